The Bertz CT molecular complexity index is 577. The minimum absolute atomic E-state index is 0.900. The maximum absolute atomic E-state index is 2.42. The summed E-state index contributed by atoms with van der Waals surface area (Å²) in [5.41, 5.74) is 7.30. The highest BCUT2D eigenvalue weighted by Gasteiger charge is 2.17. The van der Waals surface area contributed by atoms with Crippen LogP contribution < -0.4 is 0 Å². The van der Waals surface area contributed by atoms with E-state index in [0.717, 1.165) is 12.3 Å². The molecule has 1 atom stereocenters. The molecule has 0 amide bonds. The molecule has 0 radical (unpaired) electrons. The van der Waals surface area contributed by atoms with Crippen molar-refractivity contribution in [3.63, 3.8) is 0 Å². The number of rotatable bonds is 3. The van der Waals surface area contributed by atoms with Crippen LogP contribution in [-0.4, -0.2) is 0 Å². The fraction of sp³-hybridized carbons (Fsp3) is 0.400. The van der Waals surface area contributed by atoms with Gasteiger partial charge in [-0.1, -0.05) is 62.7 Å². The van der Waals surface area contributed by atoms with E-state index >= 15 is 0 Å². The lowest BCUT2D eigenvalue weighted by Gasteiger charge is -2.24. The maximum Gasteiger partial charge on any atom is -0.0181 e. The van der Waals surface area contributed by atoms with Crippen LogP contribution in [0.1, 0.15) is 43.4 Å². The third-order valence-electron chi connectivity index (χ3n) is 4.81. The summed E-state index contributed by atoms with van der Waals surface area (Å²) in [6.45, 7) is 4.53. The van der Waals surface area contributed by atoms with Crippen molar-refractivity contribution in [3.8, 4) is 11.1 Å². The Morgan fingerprint density at radius 3 is 2.35 bits per heavy atom. The number of aryl methyl sites for hydroxylation is 2. The van der Waals surface area contributed by atoms with E-state index in [1.807, 2.05) is 0 Å². The van der Waals surface area contributed by atoms with Crippen molar-refractivity contribution in [1.29, 1.82) is 0 Å². The summed E-state index contributed by atoms with van der Waals surface area (Å²) in [7, 11) is 0. The van der Waals surface area contributed by atoms with Gasteiger partial charge in [0.05, 0.1) is 0 Å². The minimum Gasteiger partial charge on any atom is -0.0651 e. The number of fused-ring (bicyclic) bond motifs is 1. The van der Waals surface area contributed by atoms with Crippen LogP contribution in [0.3, 0.4) is 0 Å². The van der Waals surface area contributed by atoms with Gasteiger partial charge >= 0.3 is 0 Å². The molecular weight excluding hydrogens is 240 g/mol. The van der Waals surface area contributed by atoms with E-state index in [9.17, 15) is 0 Å². The van der Waals surface area contributed by atoms with Crippen LogP contribution in [0.5, 0.6) is 0 Å². The van der Waals surface area contributed by atoms with Crippen LogP contribution in [0.15, 0.2) is 42.5 Å². The molecule has 2 aromatic carbocycles. The summed E-state index contributed by atoms with van der Waals surface area (Å²) < 4.78 is 0. The van der Waals surface area contributed by atoms with Crippen LogP contribution in [0, 0.1) is 5.92 Å². The van der Waals surface area contributed by atoms with E-state index in [1.165, 1.54) is 42.4 Å². The highest BCUT2D eigenvalue weighted by Crippen LogP contribution is 2.31. The highest BCUT2D eigenvalue weighted by molar-refractivity contribution is 5.65. The smallest absolute Gasteiger partial charge is 0.0181 e. The normalized spacial score (nSPS) is 17.8. The molecule has 0 nitrogen and oxygen atoms in total. The van der Waals surface area contributed by atoms with Gasteiger partial charge in [-0.15, -0.1) is 0 Å². The lowest BCUT2D eigenvalue weighted by atomic mass is 9.81. The Balaban J connectivity index is 1.88. The standard InChI is InChI=1S/C20H24/c1-3-15-5-8-17(9-6-15)19-12-11-18-13-16(4-2)7-10-20(18)14-19/h5-6,8-9,11-12,14,16H,3-4,7,10,13H2,1-2H3. The van der Waals surface area contributed by atoms with Gasteiger partial charge in [0.1, 0.15) is 0 Å². The highest BCUT2D eigenvalue weighted by atomic mass is 14.2. The van der Waals surface area contributed by atoms with Crippen molar-refractivity contribution in [2.24, 2.45) is 5.92 Å². The third kappa shape index (κ3) is 2.65. The Kier molecular flexibility index (Phi) is 3.91. The third-order valence-corrected chi connectivity index (χ3v) is 4.81. The first kappa shape index (κ1) is 13.4. The van der Waals surface area contributed by atoms with Gasteiger partial charge in [0, 0.05) is 0 Å². The van der Waals surface area contributed by atoms with Gasteiger partial charge in [-0.05, 0) is 59.4 Å². The van der Waals surface area contributed by atoms with Gasteiger partial charge in [-0.3, -0.25) is 0 Å². The van der Waals surface area contributed by atoms with Crippen LogP contribution >= 0.6 is 0 Å². The zero-order valence-corrected chi connectivity index (χ0v) is 12.7. The monoisotopic (exact) mass is 264 g/mol. The predicted molar refractivity (Wildman–Crippen MR) is 87.1 cm³/mol. The van der Waals surface area contributed by atoms with Gasteiger partial charge in [0.15, 0.2) is 0 Å². The second kappa shape index (κ2) is 5.83. The fourth-order valence-electron chi connectivity index (χ4n) is 3.29. The summed E-state index contributed by atoms with van der Waals surface area (Å²) in [5, 5.41) is 0. The quantitative estimate of drug-likeness (QED) is 0.693. The van der Waals surface area contributed by atoms with Crippen molar-refractivity contribution in [3.05, 3.63) is 59.2 Å². The number of hydrogen-bond donors (Lipinski definition) is 0. The molecule has 20 heavy (non-hydrogen) atoms. The van der Waals surface area contributed by atoms with Gasteiger partial charge < -0.3 is 0 Å². The fourth-order valence-corrected chi connectivity index (χ4v) is 3.29. The zero-order valence-electron chi connectivity index (χ0n) is 12.7. The molecule has 0 N–H and O–H groups in total. The molecule has 1 unspecified atom stereocenters. The summed E-state index contributed by atoms with van der Waals surface area (Å²) >= 11 is 0. The summed E-state index contributed by atoms with van der Waals surface area (Å²) in [5.74, 6) is 0.900. The number of hydrogen-bond acceptors (Lipinski definition) is 0. The topological polar surface area (TPSA) is 0 Å². The van der Waals surface area contributed by atoms with E-state index < -0.39 is 0 Å². The molecule has 0 spiro atoms. The van der Waals surface area contributed by atoms with Crippen molar-refractivity contribution in [2.45, 2.75) is 46.0 Å². The Labute approximate surface area is 122 Å². The Hall–Kier alpha value is -1.56. The van der Waals surface area contributed by atoms with Gasteiger partial charge in [-0.25, -0.2) is 0 Å². The first-order chi connectivity index (χ1) is 9.80. The molecule has 0 fully saturated rings. The molecule has 0 saturated heterocycles. The molecule has 0 bridgehead atoms. The van der Waals surface area contributed by atoms with Crippen LogP contribution in [-0.2, 0) is 19.3 Å². The predicted octanol–water partition coefficient (Wildman–Crippen LogP) is 5.43. The Morgan fingerprint density at radius 1 is 0.900 bits per heavy atom. The van der Waals surface area contributed by atoms with Crippen molar-refractivity contribution in [1.82, 2.24) is 0 Å². The maximum atomic E-state index is 2.42. The van der Waals surface area contributed by atoms with Gasteiger partial charge in [0.2, 0.25) is 0 Å². The molecule has 3 rings (SSSR count). The molecule has 104 valence electrons. The first-order valence-electron chi connectivity index (χ1n) is 8.01. The molecule has 1 aliphatic rings. The molecule has 2 aromatic rings. The number of benzene rings is 2. The van der Waals surface area contributed by atoms with Crippen molar-refractivity contribution >= 4 is 0 Å². The SMILES string of the molecule is CCc1ccc(-c2ccc3c(c2)CCC(CC)C3)cc1. The molecule has 0 heteroatoms. The van der Waals surface area contributed by atoms with Crippen molar-refractivity contribution < 1.29 is 0 Å². The molecule has 0 aliphatic heterocycles. The first-order valence-corrected chi connectivity index (χ1v) is 8.01. The molecule has 0 heterocycles. The van der Waals surface area contributed by atoms with E-state index in [2.05, 4.69) is 56.3 Å². The molecule has 1 aliphatic carbocycles. The molecular formula is C20H24. The summed E-state index contributed by atoms with van der Waals surface area (Å²) in [6, 6.07) is 16.1. The van der Waals surface area contributed by atoms with E-state index in [1.54, 1.807) is 11.1 Å². The van der Waals surface area contributed by atoms with E-state index in [-0.39, 0.29) is 0 Å². The second-order valence-corrected chi connectivity index (χ2v) is 6.05. The van der Waals surface area contributed by atoms with Gasteiger partial charge in [0.25, 0.3) is 0 Å². The summed E-state index contributed by atoms with van der Waals surface area (Å²) in [6.07, 6.45) is 6.33. The summed E-state index contributed by atoms with van der Waals surface area (Å²) in [4.78, 5) is 0. The lowest BCUT2D eigenvalue weighted by Crippen LogP contribution is -2.13. The van der Waals surface area contributed by atoms with E-state index in [0.29, 0.717) is 0 Å². The largest absolute Gasteiger partial charge is 0.0651 e. The molecule has 0 saturated carbocycles. The van der Waals surface area contributed by atoms with Crippen LogP contribution in [0.25, 0.3) is 11.1 Å². The van der Waals surface area contributed by atoms with Crippen LogP contribution in [0.2, 0.25) is 0 Å². The second-order valence-electron chi connectivity index (χ2n) is 6.05. The zero-order chi connectivity index (χ0) is 13.9. The Morgan fingerprint density at radius 2 is 1.65 bits per heavy atom. The average molecular weight is 264 g/mol. The minimum atomic E-state index is 0.900. The van der Waals surface area contributed by atoms with E-state index in [4.69, 9.17) is 0 Å². The van der Waals surface area contributed by atoms with Gasteiger partial charge in [-0.2, -0.15) is 0 Å². The lowest BCUT2D eigenvalue weighted by molar-refractivity contribution is 0.445. The average Bonchev–Trinajstić information content (AvgIpc) is 2.54. The van der Waals surface area contributed by atoms with Crippen molar-refractivity contribution in [2.75, 3.05) is 0 Å². The molecule has 0 aromatic heterocycles. The van der Waals surface area contributed by atoms with Crippen LogP contribution in [0.4, 0.5) is 0 Å².